The van der Waals surface area contributed by atoms with Crippen LogP contribution >= 0.6 is 7.82 Å². The lowest BCUT2D eigenvalue weighted by molar-refractivity contribution is -0.295. The van der Waals surface area contributed by atoms with Crippen molar-refractivity contribution in [3.05, 3.63) is 65.2 Å². The first-order valence-corrected chi connectivity index (χ1v) is 14.5. The standard InChI is InChI=1S/C23H31N4O14P/c1-9-5-26(21(33)24-18(9)31)14-4-12(29)13(38-14)7-37-42(35,36)41-40-17-15-11(3)16(30)23(17,8-28)39-20(15)27-6-10(2)19(32)25-22(27)34/h5-6,11-17,20,28-30H,4,7-8H2,1-3H3,(H,35,36)(H,24,31,33)(H,25,32,34)/t11?,12-,13+,14+,15?,16+,17-,20+,23-/m0/s1. The highest BCUT2D eigenvalue weighted by Crippen LogP contribution is 2.58. The number of aromatic nitrogens is 4. The molecular formula is C23H31N4O14P. The number of hydrogen-bond donors (Lipinski definition) is 6. The SMILES string of the molecule is Cc1cn([C@@H]2O[C@@]3(CO)[C@H](O)C(C)C2[C@@H]3OOP(=O)(O)OC[C@H]2O[C@@H](n3cc(C)c(=O)[nH]c3=O)C[C@@H]2O)c(=O)[nH]c1=O. The van der Waals surface area contributed by atoms with E-state index in [4.69, 9.17) is 23.6 Å². The Bertz CT molecular complexity index is 1630. The molecule has 0 spiro atoms. The first kappa shape index (κ1) is 30.7. The summed E-state index contributed by atoms with van der Waals surface area (Å²) in [5.74, 6) is -1.56. The van der Waals surface area contributed by atoms with Crippen molar-refractivity contribution in [3.63, 3.8) is 0 Å². The van der Waals surface area contributed by atoms with Gasteiger partial charge in [-0.15, -0.1) is 4.67 Å². The average Bonchev–Trinajstić information content (AvgIpc) is 3.53. The lowest BCUT2D eigenvalue weighted by atomic mass is 9.92. The first-order chi connectivity index (χ1) is 19.7. The lowest BCUT2D eigenvalue weighted by Gasteiger charge is -2.37. The van der Waals surface area contributed by atoms with E-state index in [2.05, 4.69) is 9.97 Å². The van der Waals surface area contributed by atoms with Gasteiger partial charge < -0.3 is 29.7 Å². The molecule has 2 saturated heterocycles. The van der Waals surface area contributed by atoms with Crippen molar-refractivity contribution < 1.29 is 48.3 Å². The zero-order chi connectivity index (χ0) is 30.7. The number of hydrogen-bond acceptors (Lipinski definition) is 13. The minimum atomic E-state index is -5.02. The van der Waals surface area contributed by atoms with Crippen LogP contribution in [-0.2, 0) is 28.1 Å². The van der Waals surface area contributed by atoms with Gasteiger partial charge in [-0.2, -0.15) is 0 Å². The zero-order valence-electron chi connectivity index (χ0n) is 22.6. The van der Waals surface area contributed by atoms with E-state index in [-0.39, 0.29) is 17.5 Å². The number of phosphoric ester groups is 1. The second kappa shape index (κ2) is 11.1. The van der Waals surface area contributed by atoms with Crippen molar-refractivity contribution in [2.24, 2.45) is 11.8 Å². The van der Waals surface area contributed by atoms with Crippen LogP contribution in [0.1, 0.15) is 36.9 Å². The number of nitrogens with zero attached hydrogens (tertiary/aromatic N) is 2. The second-order valence-corrected chi connectivity index (χ2v) is 12.1. The monoisotopic (exact) mass is 618 g/mol. The van der Waals surface area contributed by atoms with Gasteiger partial charge in [-0.25, -0.2) is 19.0 Å². The highest BCUT2D eigenvalue weighted by Gasteiger charge is 2.70. The third kappa shape index (κ3) is 5.17. The summed E-state index contributed by atoms with van der Waals surface area (Å²) >= 11 is 0. The van der Waals surface area contributed by atoms with Gasteiger partial charge >= 0.3 is 19.2 Å². The molecular weight excluding hydrogens is 587 g/mol. The molecule has 2 aromatic heterocycles. The first-order valence-electron chi connectivity index (χ1n) is 13.0. The minimum Gasteiger partial charge on any atom is -0.393 e. The van der Waals surface area contributed by atoms with E-state index in [1.54, 1.807) is 6.92 Å². The molecule has 0 radical (unpaired) electrons. The van der Waals surface area contributed by atoms with Crippen LogP contribution in [0.15, 0.2) is 31.6 Å². The van der Waals surface area contributed by atoms with Crippen LogP contribution in [0.4, 0.5) is 0 Å². The fraction of sp³-hybridized carbons (Fsp3) is 0.652. The van der Waals surface area contributed by atoms with Crippen molar-refractivity contribution >= 4 is 7.82 Å². The van der Waals surface area contributed by atoms with Crippen LogP contribution in [-0.4, -0.2) is 82.5 Å². The Labute approximate surface area is 235 Å². The Morgan fingerprint density at radius 1 is 1.07 bits per heavy atom. The molecule has 18 nitrogen and oxygen atoms in total. The molecule has 6 N–H and O–H groups in total. The molecule has 4 heterocycles. The smallest absolute Gasteiger partial charge is 0.393 e. The van der Waals surface area contributed by atoms with E-state index in [1.165, 1.54) is 26.2 Å². The van der Waals surface area contributed by atoms with E-state index in [0.717, 1.165) is 9.13 Å². The molecule has 19 heteroatoms. The van der Waals surface area contributed by atoms with Gasteiger partial charge in [-0.1, -0.05) is 6.92 Å². The van der Waals surface area contributed by atoms with Crippen molar-refractivity contribution in [1.29, 1.82) is 0 Å². The molecule has 3 unspecified atom stereocenters. The number of fused-ring (bicyclic) bond motifs is 2. The number of aliphatic hydroxyl groups excluding tert-OH is 3. The summed E-state index contributed by atoms with van der Waals surface area (Å²) < 4.78 is 36.0. The third-order valence-corrected chi connectivity index (χ3v) is 8.83. The Kier molecular flexibility index (Phi) is 8.08. The molecule has 232 valence electrons. The molecule has 2 aromatic rings. The van der Waals surface area contributed by atoms with Crippen LogP contribution in [0.25, 0.3) is 0 Å². The summed E-state index contributed by atoms with van der Waals surface area (Å²) in [6.07, 6.45) is -4.81. The normalized spacial score (nSPS) is 35.5. The number of nitrogens with one attached hydrogen (secondary N) is 2. The van der Waals surface area contributed by atoms with Gasteiger partial charge in [0, 0.05) is 35.9 Å². The fourth-order valence-electron chi connectivity index (χ4n) is 5.78. The third-order valence-electron chi connectivity index (χ3n) is 8.08. The maximum atomic E-state index is 12.7. The Morgan fingerprint density at radius 3 is 2.29 bits per heavy atom. The van der Waals surface area contributed by atoms with Crippen LogP contribution in [0, 0.1) is 25.7 Å². The van der Waals surface area contributed by atoms with Crippen LogP contribution in [0.5, 0.6) is 0 Å². The largest absolute Gasteiger partial charge is 0.499 e. The molecule has 2 aliphatic heterocycles. The molecule has 10 atom stereocenters. The highest BCUT2D eigenvalue weighted by molar-refractivity contribution is 7.47. The van der Waals surface area contributed by atoms with Gasteiger partial charge in [-0.3, -0.25) is 33.2 Å². The summed E-state index contributed by atoms with van der Waals surface area (Å²) in [5, 5.41) is 31.4. The Morgan fingerprint density at radius 2 is 1.67 bits per heavy atom. The topological polar surface area (TPSA) is 254 Å². The summed E-state index contributed by atoms with van der Waals surface area (Å²) in [6.45, 7) is 3.05. The van der Waals surface area contributed by atoms with Gasteiger partial charge in [0.25, 0.3) is 11.1 Å². The van der Waals surface area contributed by atoms with E-state index in [9.17, 15) is 44.0 Å². The fourth-order valence-corrected chi connectivity index (χ4v) is 6.36. The predicted octanol–water partition coefficient (Wildman–Crippen LogP) is -2.33. The molecule has 3 fully saturated rings. The molecule has 1 aliphatic carbocycles. The van der Waals surface area contributed by atoms with E-state index >= 15 is 0 Å². The van der Waals surface area contributed by atoms with Crippen LogP contribution in [0.2, 0.25) is 0 Å². The summed E-state index contributed by atoms with van der Waals surface area (Å²) in [5.41, 5.74) is -4.22. The van der Waals surface area contributed by atoms with Crippen molar-refractivity contribution in [2.45, 2.75) is 69.7 Å². The number of aliphatic hydroxyl groups is 3. The number of H-pyrrole nitrogens is 2. The number of rotatable bonds is 9. The van der Waals surface area contributed by atoms with Crippen molar-refractivity contribution in [2.75, 3.05) is 13.2 Å². The van der Waals surface area contributed by atoms with Gasteiger partial charge in [0.15, 0.2) is 0 Å². The number of phosphoric acid groups is 1. The summed E-state index contributed by atoms with van der Waals surface area (Å²) in [4.78, 5) is 67.9. The Balaban J connectivity index is 1.27. The average molecular weight is 618 g/mol. The van der Waals surface area contributed by atoms with Gasteiger partial charge in [0.05, 0.1) is 25.4 Å². The lowest BCUT2D eigenvalue weighted by Crippen LogP contribution is -2.52. The maximum absolute atomic E-state index is 12.7. The number of aromatic amines is 2. The molecule has 0 aromatic carbocycles. The van der Waals surface area contributed by atoms with E-state index < -0.39 is 97.8 Å². The maximum Gasteiger partial charge on any atom is 0.499 e. The predicted molar refractivity (Wildman–Crippen MR) is 137 cm³/mol. The van der Waals surface area contributed by atoms with Gasteiger partial charge in [0.2, 0.25) is 0 Å². The summed E-state index contributed by atoms with van der Waals surface area (Å²) in [7, 11) is -5.02. The molecule has 5 rings (SSSR count). The molecule has 0 amide bonds. The summed E-state index contributed by atoms with van der Waals surface area (Å²) in [6, 6.07) is 0. The molecule has 1 saturated carbocycles. The van der Waals surface area contributed by atoms with Crippen molar-refractivity contribution in [1.82, 2.24) is 19.1 Å². The second-order valence-electron chi connectivity index (χ2n) is 10.7. The molecule has 2 bridgehead atoms. The van der Waals surface area contributed by atoms with Crippen LogP contribution < -0.4 is 22.5 Å². The van der Waals surface area contributed by atoms with Crippen molar-refractivity contribution in [3.8, 4) is 0 Å². The van der Waals surface area contributed by atoms with Gasteiger partial charge in [-0.05, 0) is 19.8 Å². The van der Waals surface area contributed by atoms with E-state index in [1.807, 2.05) is 0 Å². The van der Waals surface area contributed by atoms with Crippen LogP contribution in [0.3, 0.4) is 0 Å². The number of aryl methyl sites for hydroxylation is 2. The minimum absolute atomic E-state index is 0.0899. The molecule has 42 heavy (non-hydrogen) atoms. The van der Waals surface area contributed by atoms with E-state index in [0.29, 0.717) is 0 Å². The molecule has 3 aliphatic rings. The number of ether oxygens (including phenoxy) is 2. The highest BCUT2D eigenvalue weighted by atomic mass is 31.2. The zero-order valence-corrected chi connectivity index (χ0v) is 23.5. The van der Waals surface area contributed by atoms with Gasteiger partial charge in [0.1, 0.15) is 30.3 Å². The quantitative estimate of drug-likeness (QED) is 0.0980. The Hall–Kier alpha value is -2.77.